The van der Waals surface area contributed by atoms with Crippen molar-refractivity contribution in [3.63, 3.8) is 0 Å². The van der Waals surface area contributed by atoms with E-state index in [-0.39, 0.29) is 10.9 Å². The Morgan fingerprint density at radius 2 is 1.30 bits per heavy atom. The first-order valence-corrected chi connectivity index (χ1v) is 14.4. The van der Waals surface area contributed by atoms with Crippen LogP contribution in [0.4, 0.5) is 5.69 Å². The van der Waals surface area contributed by atoms with E-state index in [1.54, 1.807) is 0 Å². The first-order valence-electron chi connectivity index (χ1n) is 14.0. The number of rotatable bonds is 9. The number of halogens is 1. The molecule has 1 heterocycles. The van der Waals surface area contributed by atoms with Gasteiger partial charge in [-0.3, -0.25) is 0 Å². The van der Waals surface area contributed by atoms with Gasteiger partial charge in [0, 0.05) is 17.4 Å². The molecular weight excluding hydrogens is 510 g/mol. The number of hydrogen-bond donors (Lipinski definition) is 1. The van der Waals surface area contributed by atoms with Crippen molar-refractivity contribution in [3.8, 4) is 0 Å². The lowest BCUT2D eigenvalue weighted by Crippen LogP contribution is -2.36. The predicted octanol–water partition coefficient (Wildman–Crippen LogP) is 9.15. The Morgan fingerprint density at radius 1 is 0.775 bits per heavy atom. The smallest absolute Gasteiger partial charge is 0.121 e. The largest absolute Gasteiger partial charge is 0.380 e. The van der Waals surface area contributed by atoms with Gasteiger partial charge in [-0.25, -0.2) is 4.98 Å². The summed E-state index contributed by atoms with van der Waals surface area (Å²) in [5.74, 6) is 0. The molecule has 5 rings (SSSR count). The predicted molar refractivity (Wildman–Crippen MR) is 168 cm³/mol. The van der Waals surface area contributed by atoms with Crippen LogP contribution < -0.4 is 5.32 Å². The van der Waals surface area contributed by atoms with Crippen molar-refractivity contribution in [2.24, 2.45) is 0 Å². The van der Waals surface area contributed by atoms with Crippen molar-refractivity contribution in [3.05, 3.63) is 155 Å². The maximum atomic E-state index is 6.98. The quantitative estimate of drug-likeness (QED) is 0.147. The van der Waals surface area contributed by atoms with Crippen molar-refractivity contribution in [2.45, 2.75) is 57.0 Å². The van der Waals surface area contributed by atoms with Gasteiger partial charge in [-0.05, 0) is 80.5 Å². The number of hydrogen-bond acceptors (Lipinski definition) is 2. The van der Waals surface area contributed by atoms with Crippen LogP contribution in [0.1, 0.15) is 66.1 Å². The molecule has 0 fully saturated rings. The molecule has 1 atom stereocenters. The normalized spacial score (nSPS) is 12.7. The van der Waals surface area contributed by atoms with Crippen molar-refractivity contribution in [1.29, 1.82) is 0 Å². The van der Waals surface area contributed by atoms with Gasteiger partial charge in [0.05, 0.1) is 17.4 Å². The van der Waals surface area contributed by atoms with Crippen molar-refractivity contribution < 1.29 is 0 Å². The molecule has 1 unspecified atom stereocenters. The molecule has 204 valence electrons. The van der Waals surface area contributed by atoms with E-state index in [1.807, 2.05) is 6.33 Å². The summed E-state index contributed by atoms with van der Waals surface area (Å²) in [5.41, 5.74) is 7.55. The zero-order chi connectivity index (χ0) is 28.2. The van der Waals surface area contributed by atoms with Gasteiger partial charge in [0.2, 0.25) is 0 Å². The van der Waals surface area contributed by atoms with Crippen LogP contribution in [0.5, 0.6) is 0 Å². The lowest BCUT2D eigenvalue weighted by atomic mass is 9.77. The number of benzene rings is 4. The van der Waals surface area contributed by atoms with Crippen LogP contribution >= 0.6 is 11.6 Å². The van der Waals surface area contributed by atoms with Crippen LogP contribution in [0.15, 0.2) is 122 Å². The van der Waals surface area contributed by atoms with Crippen molar-refractivity contribution in [1.82, 2.24) is 9.55 Å². The monoisotopic (exact) mass is 547 g/mol. The molecule has 0 bridgehead atoms. The topological polar surface area (TPSA) is 29.9 Å². The molecule has 0 aliphatic heterocycles. The van der Waals surface area contributed by atoms with E-state index in [2.05, 4.69) is 153 Å². The number of nitrogens with one attached hydrogen (secondary N) is 1. The highest BCUT2D eigenvalue weighted by molar-refractivity contribution is 6.20. The summed E-state index contributed by atoms with van der Waals surface area (Å²) < 4.78 is 2.27. The summed E-state index contributed by atoms with van der Waals surface area (Å²) in [6.07, 6.45) is 5.76. The van der Waals surface area contributed by atoms with E-state index in [1.165, 1.54) is 27.8 Å². The third kappa shape index (κ3) is 5.85. The Hall–Kier alpha value is -3.82. The summed E-state index contributed by atoms with van der Waals surface area (Å²) in [4.78, 5) is 4.90. The third-order valence-corrected chi connectivity index (χ3v) is 7.83. The molecule has 4 heteroatoms. The Labute approximate surface area is 243 Å². The van der Waals surface area contributed by atoms with E-state index < -0.39 is 5.54 Å². The van der Waals surface area contributed by atoms with Crippen molar-refractivity contribution >= 4 is 17.3 Å². The van der Waals surface area contributed by atoms with Gasteiger partial charge in [-0.15, -0.1) is 11.6 Å². The van der Waals surface area contributed by atoms with Gasteiger partial charge in [-0.2, -0.15) is 0 Å². The van der Waals surface area contributed by atoms with Crippen LogP contribution in [-0.2, 0) is 12.0 Å². The minimum absolute atomic E-state index is 0.0155. The van der Waals surface area contributed by atoms with Gasteiger partial charge in [0.1, 0.15) is 5.54 Å². The van der Waals surface area contributed by atoms with E-state index >= 15 is 0 Å². The SMILES string of the molecule is Cc1cc(NC(C)(C)C)ccc1C(Cl)CCc1cn(C(c2ccccc2)(c2ccccc2)c2ccccc2)cn1. The molecule has 0 aliphatic rings. The molecule has 0 saturated carbocycles. The molecule has 0 saturated heterocycles. The lowest BCUT2D eigenvalue weighted by Gasteiger charge is -2.37. The lowest BCUT2D eigenvalue weighted by molar-refractivity contribution is 0.514. The van der Waals surface area contributed by atoms with Gasteiger partial charge in [0.15, 0.2) is 0 Å². The molecule has 40 heavy (non-hydrogen) atoms. The van der Waals surface area contributed by atoms with E-state index in [4.69, 9.17) is 16.6 Å². The first-order chi connectivity index (χ1) is 19.3. The van der Waals surface area contributed by atoms with Gasteiger partial charge in [0.25, 0.3) is 0 Å². The maximum Gasteiger partial charge on any atom is 0.121 e. The number of alkyl halides is 1. The molecule has 0 radical (unpaired) electrons. The van der Waals surface area contributed by atoms with E-state index in [0.29, 0.717) is 0 Å². The van der Waals surface area contributed by atoms with Crippen LogP contribution in [0.2, 0.25) is 0 Å². The average molecular weight is 548 g/mol. The highest BCUT2D eigenvalue weighted by Crippen LogP contribution is 2.41. The third-order valence-electron chi connectivity index (χ3n) is 7.38. The number of aromatic nitrogens is 2. The van der Waals surface area contributed by atoms with Crippen molar-refractivity contribution in [2.75, 3.05) is 5.32 Å². The fourth-order valence-corrected chi connectivity index (χ4v) is 5.98. The van der Waals surface area contributed by atoms with Crippen LogP contribution in [-0.4, -0.2) is 15.1 Å². The summed E-state index contributed by atoms with van der Waals surface area (Å²) >= 11 is 6.98. The van der Waals surface area contributed by atoms with Gasteiger partial charge >= 0.3 is 0 Å². The minimum Gasteiger partial charge on any atom is -0.380 e. The highest BCUT2D eigenvalue weighted by atomic mass is 35.5. The maximum absolute atomic E-state index is 6.98. The second-order valence-electron chi connectivity index (χ2n) is 11.5. The fourth-order valence-electron chi connectivity index (χ4n) is 5.63. The number of aryl methyl sites for hydroxylation is 2. The molecule has 1 aromatic heterocycles. The Morgan fingerprint density at radius 3 is 1.77 bits per heavy atom. The Bertz CT molecular complexity index is 1420. The highest BCUT2D eigenvalue weighted by Gasteiger charge is 2.38. The van der Waals surface area contributed by atoms with Crippen LogP contribution in [0, 0.1) is 6.92 Å². The Kier molecular flexibility index (Phi) is 8.14. The second-order valence-corrected chi connectivity index (χ2v) is 12.1. The molecule has 0 spiro atoms. The number of anilines is 1. The summed E-state index contributed by atoms with van der Waals surface area (Å²) in [6, 6.07) is 38.6. The van der Waals surface area contributed by atoms with E-state index in [0.717, 1.165) is 24.2 Å². The molecule has 5 aromatic rings. The van der Waals surface area contributed by atoms with Gasteiger partial charge in [-0.1, -0.05) is 97.1 Å². The number of nitrogens with zero attached hydrogens (tertiary/aromatic N) is 2. The Balaban J connectivity index is 1.46. The molecule has 3 nitrogen and oxygen atoms in total. The number of imidazole rings is 1. The molecule has 0 amide bonds. The minimum atomic E-state index is -0.554. The average Bonchev–Trinajstić information content (AvgIpc) is 3.42. The zero-order valence-electron chi connectivity index (χ0n) is 23.8. The standard InChI is InChI=1S/C36H38ClN3/c1-27-24-31(39-35(2,3)4)20-22-33(27)34(37)23-21-32-25-40(26-38-32)36(28-14-8-5-9-15-28,29-16-10-6-11-17-29)30-18-12-7-13-19-30/h5-20,22,24-26,34,39H,21,23H2,1-4H3. The second kappa shape index (κ2) is 11.7. The summed E-state index contributed by atoms with van der Waals surface area (Å²) in [5, 5.41) is 3.46. The summed E-state index contributed by atoms with van der Waals surface area (Å²) in [6.45, 7) is 8.65. The fraction of sp³-hybridized carbons (Fsp3) is 0.250. The van der Waals surface area contributed by atoms with Gasteiger partial charge < -0.3 is 9.88 Å². The zero-order valence-corrected chi connectivity index (χ0v) is 24.6. The van der Waals surface area contributed by atoms with Crippen LogP contribution in [0.25, 0.3) is 0 Å². The van der Waals surface area contributed by atoms with Crippen LogP contribution in [0.3, 0.4) is 0 Å². The molecule has 4 aromatic carbocycles. The molecular formula is C36H38ClN3. The first kappa shape index (κ1) is 27.7. The molecule has 1 N–H and O–H groups in total. The van der Waals surface area contributed by atoms with E-state index in [9.17, 15) is 0 Å². The summed E-state index contributed by atoms with van der Waals surface area (Å²) in [7, 11) is 0. The molecule has 0 aliphatic carbocycles.